The van der Waals surface area contributed by atoms with Gasteiger partial charge in [-0.25, -0.2) is 0 Å². The minimum absolute atomic E-state index is 0.325. The molecule has 118 valence electrons. The van der Waals surface area contributed by atoms with E-state index in [1.54, 1.807) is 7.11 Å². The van der Waals surface area contributed by atoms with Crippen LogP contribution in [-0.2, 0) is 9.53 Å². The van der Waals surface area contributed by atoms with Crippen molar-refractivity contribution >= 4 is 5.97 Å². The zero-order valence-corrected chi connectivity index (χ0v) is 13.3. The lowest BCUT2D eigenvalue weighted by molar-refractivity contribution is -0.144. The smallest absolute Gasteiger partial charge is 0.323 e. The molecule has 20 heavy (non-hydrogen) atoms. The lowest BCUT2D eigenvalue weighted by Crippen LogP contribution is -2.52. The molecule has 0 spiro atoms. The predicted octanol–water partition coefficient (Wildman–Crippen LogP) is 1.72. The van der Waals surface area contributed by atoms with Crippen molar-refractivity contribution in [3.8, 4) is 0 Å². The molecule has 0 aromatic carbocycles. The predicted molar refractivity (Wildman–Crippen MR) is 80.0 cm³/mol. The van der Waals surface area contributed by atoms with Gasteiger partial charge in [0.05, 0.1) is 6.61 Å². The number of carboxylic acids is 1. The van der Waals surface area contributed by atoms with E-state index < -0.39 is 11.5 Å². The highest BCUT2D eigenvalue weighted by Crippen LogP contribution is 2.34. The number of carbonyl (C=O) groups is 1. The fraction of sp³-hybridized carbons (Fsp3) is 0.933. The molecule has 2 atom stereocenters. The number of nitrogens with one attached hydrogen (secondary N) is 1. The van der Waals surface area contributed by atoms with E-state index in [1.165, 1.54) is 0 Å². The number of rotatable bonds is 9. The number of nitrogens with zero attached hydrogens (tertiary/aromatic N) is 1. The fourth-order valence-corrected chi connectivity index (χ4v) is 3.16. The Morgan fingerprint density at radius 2 is 2.25 bits per heavy atom. The van der Waals surface area contributed by atoms with Crippen LogP contribution in [0.3, 0.4) is 0 Å². The van der Waals surface area contributed by atoms with Gasteiger partial charge in [0, 0.05) is 25.7 Å². The van der Waals surface area contributed by atoms with Gasteiger partial charge >= 0.3 is 5.97 Å². The van der Waals surface area contributed by atoms with Crippen molar-refractivity contribution in [2.45, 2.75) is 64.1 Å². The first-order valence-electron chi connectivity index (χ1n) is 7.70. The van der Waals surface area contributed by atoms with Crippen molar-refractivity contribution < 1.29 is 14.6 Å². The van der Waals surface area contributed by atoms with Gasteiger partial charge in [0.1, 0.15) is 5.54 Å². The second kappa shape index (κ2) is 7.96. The van der Waals surface area contributed by atoms with Gasteiger partial charge in [0.15, 0.2) is 0 Å². The Balaban J connectivity index is 2.72. The molecule has 5 heteroatoms. The summed E-state index contributed by atoms with van der Waals surface area (Å²) in [5, 5.41) is 12.9. The van der Waals surface area contributed by atoms with E-state index in [9.17, 15) is 9.90 Å². The largest absolute Gasteiger partial charge is 0.480 e. The van der Waals surface area contributed by atoms with Gasteiger partial charge in [-0.1, -0.05) is 6.92 Å². The molecule has 2 N–H and O–H groups in total. The van der Waals surface area contributed by atoms with E-state index >= 15 is 0 Å². The third-order valence-electron chi connectivity index (χ3n) is 4.30. The number of carboxylic acid groups (broad SMARTS) is 1. The molecule has 0 bridgehead atoms. The van der Waals surface area contributed by atoms with Crippen LogP contribution in [0.2, 0.25) is 0 Å². The molecule has 0 amide bonds. The fourth-order valence-electron chi connectivity index (χ4n) is 3.16. The van der Waals surface area contributed by atoms with Gasteiger partial charge in [-0.2, -0.15) is 0 Å². The summed E-state index contributed by atoms with van der Waals surface area (Å²) >= 11 is 0. The molecule has 1 aliphatic rings. The van der Waals surface area contributed by atoms with Crippen LogP contribution in [0.25, 0.3) is 0 Å². The highest BCUT2D eigenvalue weighted by Gasteiger charge is 2.46. The van der Waals surface area contributed by atoms with Crippen LogP contribution < -0.4 is 5.32 Å². The first-order valence-corrected chi connectivity index (χ1v) is 7.70. The summed E-state index contributed by atoms with van der Waals surface area (Å²) in [6.07, 6.45) is 3.29. The summed E-state index contributed by atoms with van der Waals surface area (Å²) in [6, 6.07) is 0.733. The SMILES string of the molecule is CCCNC1(C(=O)O)CCC(N(CCOC)C(C)C)C1. The lowest BCUT2D eigenvalue weighted by atomic mass is 9.97. The van der Waals surface area contributed by atoms with Gasteiger partial charge in [0.25, 0.3) is 0 Å². The van der Waals surface area contributed by atoms with Crippen LogP contribution >= 0.6 is 0 Å². The minimum atomic E-state index is -0.735. The third kappa shape index (κ3) is 4.17. The van der Waals surface area contributed by atoms with Crippen molar-refractivity contribution in [2.75, 3.05) is 26.8 Å². The summed E-state index contributed by atoms with van der Waals surface area (Å²) in [4.78, 5) is 14.1. The Bertz CT molecular complexity index is 309. The van der Waals surface area contributed by atoms with Crippen LogP contribution in [0.15, 0.2) is 0 Å². The molecule has 2 unspecified atom stereocenters. The van der Waals surface area contributed by atoms with Crippen LogP contribution in [0.1, 0.15) is 46.5 Å². The van der Waals surface area contributed by atoms with E-state index in [0.717, 1.165) is 25.9 Å². The maximum absolute atomic E-state index is 11.7. The molecular formula is C15H30N2O3. The minimum Gasteiger partial charge on any atom is -0.480 e. The van der Waals surface area contributed by atoms with Crippen LogP contribution in [0.4, 0.5) is 0 Å². The Kier molecular flexibility index (Phi) is 6.92. The Hall–Kier alpha value is -0.650. The number of hydrogen-bond acceptors (Lipinski definition) is 4. The van der Waals surface area contributed by atoms with Gasteiger partial charge < -0.3 is 15.2 Å². The summed E-state index contributed by atoms with van der Waals surface area (Å²) in [5.74, 6) is -0.705. The van der Waals surface area contributed by atoms with E-state index in [4.69, 9.17) is 4.74 Å². The van der Waals surface area contributed by atoms with Crippen molar-refractivity contribution in [3.05, 3.63) is 0 Å². The van der Waals surface area contributed by atoms with Crippen molar-refractivity contribution in [1.29, 1.82) is 0 Å². The normalized spacial score (nSPS) is 26.6. The standard InChI is InChI=1S/C15H30N2O3/c1-5-8-16-15(14(18)19)7-6-13(11-15)17(12(2)3)9-10-20-4/h12-13,16H,5-11H2,1-4H3,(H,18,19). The summed E-state index contributed by atoms with van der Waals surface area (Å²) < 4.78 is 5.17. The number of aliphatic carboxylic acids is 1. The first kappa shape index (κ1) is 17.4. The summed E-state index contributed by atoms with van der Waals surface area (Å²) in [6.45, 7) is 8.71. The molecule has 0 radical (unpaired) electrons. The van der Waals surface area contributed by atoms with Crippen molar-refractivity contribution in [2.24, 2.45) is 0 Å². The highest BCUT2D eigenvalue weighted by molar-refractivity contribution is 5.79. The van der Waals surface area contributed by atoms with Crippen LogP contribution in [0, 0.1) is 0 Å². The Labute approximate surface area is 122 Å². The van der Waals surface area contributed by atoms with Crippen molar-refractivity contribution in [1.82, 2.24) is 10.2 Å². The third-order valence-corrected chi connectivity index (χ3v) is 4.30. The second-order valence-electron chi connectivity index (χ2n) is 6.04. The lowest BCUT2D eigenvalue weighted by Gasteiger charge is -2.34. The molecule has 1 saturated carbocycles. The molecular weight excluding hydrogens is 256 g/mol. The zero-order chi connectivity index (χ0) is 15.2. The first-order chi connectivity index (χ1) is 9.46. The van der Waals surface area contributed by atoms with Gasteiger partial charge in [0.2, 0.25) is 0 Å². The maximum Gasteiger partial charge on any atom is 0.323 e. The molecule has 0 aliphatic heterocycles. The maximum atomic E-state index is 11.7. The second-order valence-corrected chi connectivity index (χ2v) is 6.04. The molecule has 0 aromatic heterocycles. The zero-order valence-electron chi connectivity index (χ0n) is 13.3. The van der Waals surface area contributed by atoms with Gasteiger partial charge in [-0.15, -0.1) is 0 Å². The Morgan fingerprint density at radius 1 is 1.55 bits per heavy atom. The van der Waals surface area contributed by atoms with Crippen LogP contribution in [0.5, 0.6) is 0 Å². The molecule has 0 heterocycles. The van der Waals surface area contributed by atoms with Crippen molar-refractivity contribution in [3.63, 3.8) is 0 Å². The number of ether oxygens (including phenoxy) is 1. The molecule has 5 nitrogen and oxygen atoms in total. The number of methoxy groups -OCH3 is 1. The van der Waals surface area contributed by atoms with Gasteiger partial charge in [-0.05, 0) is 46.1 Å². The van der Waals surface area contributed by atoms with Gasteiger partial charge in [-0.3, -0.25) is 9.69 Å². The average Bonchev–Trinajstić information content (AvgIpc) is 2.82. The monoisotopic (exact) mass is 286 g/mol. The van der Waals surface area contributed by atoms with E-state index in [-0.39, 0.29) is 0 Å². The number of hydrogen-bond donors (Lipinski definition) is 2. The van der Waals surface area contributed by atoms with Crippen LogP contribution in [-0.4, -0.2) is 60.4 Å². The summed E-state index contributed by atoms with van der Waals surface area (Å²) in [5.41, 5.74) is -0.735. The molecule has 0 saturated heterocycles. The molecule has 1 rings (SSSR count). The highest BCUT2D eigenvalue weighted by atomic mass is 16.5. The molecule has 1 fully saturated rings. The average molecular weight is 286 g/mol. The quantitative estimate of drug-likeness (QED) is 0.676. The molecule has 0 aromatic rings. The topological polar surface area (TPSA) is 61.8 Å². The van der Waals surface area contributed by atoms with E-state index in [1.807, 2.05) is 0 Å². The van der Waals surface area contributed by atoms with E-state index in [2.05, 4.69) is 31.0 Å². The summed E-state index contributed by atoms with van der Waals surface area (Å²) in [7, 11) is 1.71. The Morgan fingerprint density at radius 3 is 2.75 bits per heavy atom. The van der Waals surface area contributed by atoms with E-state index in [0.29, 0.717) is 31.5 Å². The molecule has 1 aliphatic carbocycles.